The topological polar surface area (TPSA) is 69.8 Å². The van der Waals surface area contributed by atoms with Crippen molar-refractivity contribution in [3.8, 4) is 0 Å². The first-order chi connectivity index (χ1) is 9.95. The lowest BCUT2D eigenvalue weighted by molar-refractivity contribution is -0.167. The summed E-state index contributed by atoms with van der Waals surface area (Å²) in [5, 5.41) is 11.4. The van der Waals surface area contributed by atoms with Gasteiger partial charge in [-0.2, -0.15) is 18.3 Å². The van der Waals surface area contributed by atoms with Gasteiger partial charge in [0.25, 0.3) is 0 Å². The summed E-state index contributed by atoms with van der Waals surface area (Å²) in [5.74, 6) is -1.98. The van der Waals surface area contributed by atoms with Crippen molar-refractivity contribution in [2.24, 2.45) is 0 Å². The fourth-order valence-corrected chi connectivity index (χ4v) is 1.69. The van der Waals surface area contributed by atoms with E-state index in [-0.39, 0.29) is 5.69 Å². The predicted octanol–water partition coefficient (Wildman–Crippen LogP) is 2.20. The Morgan fingerprint density at radius 3 is 2.67 bits per heavy atom. The molecule has 0 fully saturated rings. The molecule has 0 bridgehead atoms. The zero-order chi connectivity index (χ0) is 15.3. The van der Waals surface area contributed by atoms with Gasteiger partial charge in [0.1, 0.15) is 0 Å². The van der Waals surface area contributed by atoms with E-state index >= 15 is 0 Å². The number of amides is 1. The second-order valence-corrected chi connectivity index (χ2v) is 4.36. The molecule has 0 atom stereocenters. The molecular formula is C13H13F3N4O. The van der Waals surface area contributed by atoms with Crippen molar-refractivity contribution in [1.82, 2.24) is 15.5 Å². The molecule has 8 heteroatoms. The van der Waals surface area contributed by atoms with E-state index in [1.54, 1.807) is 24.5 Å². The highest BCUT2D eigenvalue weighted by atomic mass is 19.4. The van der Waals surface area contributed by atoms with E-state index in [1.807, 2.05) is 5.32 Å². The summed E-state index contributed by atoms with van der Waals surface area (Å²) in [4.78, 5) is 10.9. The number of alkyl halides is 3. The van der Waals surface area contributed by atoms with Crippen molar-refractivity contribution < 1.29 is 18.0 Å². The molecule has 1 heterocycles. The summed E-state index contributed by atoms with van der Waals surface area (Å²) < 4.78 is 36.5. The Hall–Kier alpha value is -2.35. The molecule has 1 aromatic heterocycles. The van der Waals surface area contributed by atoms with Crippen molar-refractivity contribution in [3.63, 3.8) is 0 Å². The van der Waals surface area contributed by atoms with Crippen LogP contribution in [0.4, 0.5) is 18.9 Å². The van der Waals surface area contributed by atoms with E-state index < -0.39 is 12.1 Å². The van der Waals surface area contributed by atoms with Crippen LogP contribution in [0.3, 0.4) is 0 Å². The monoisotopic (exact) mass is 298 g/mol. The number of carbonyl (C=O) groups is 1. The van der Waals surface area contributed by atoms with Gasteiger partial charge in [0.2, 0.25) is 0 Å². The van der Waals surface area contributed by atoms with E-state index in [9.17, 15) is 18.0 Å². The maximum absolute atomic E-state index is 12.2. The lowest BCUT2D eigenvalue weighted by atomic mass is 10.2. The quantitative estimate of drug-likeness (QED) is 0.792. The van der Waals surface area contributed by atoms with Gasteiger partial charge < -0.3 is 10.6 Å². The number of carbonyl (C=O) groups excluding carboxylic acids is 1. The summed E-state index contributed by atoms with van der Waals surface area (Å²) in [7, 11) is 0. The van der Waals surface area contributed by atoms with Gasteiger partial charge in [-0.3, -0.25) is 9.89 Å². The molecule has 3 N–H and O–H groups in total. The minimum atomic E-state index is -4.89. The SMILES string of the molecule is O=C(Nc1cccc(CNCc2cn[nH]c2)c1)C(F)(F)F. The second kappa shape index (κ2) is 6.40. The zero-order valence-corrected chi connectivity index (χ0v) is 10.9. The third-order valence-corrected chi connectivity index (χ3v) is 2.66. The maximum atomic E-state index is 12.2. The normalized spacial score (nSPS) is 11.4. The summed E-state index contributed by atoms with van der Waals surface area (Å²) in [6.45, 7) is 1.04. The van der Waals surface area contributed by atoms with Crippen LogP contribution >= 0.6 is 0 Å². The number of benzene rings is 1. The molecule has 1 aromatic carbocycles. The van der Waals surface area contributed by atoms with Gasteiger partial charge in [-0.05, 0) is 17.7 Å². The third kappa shape index (κ3) is 4.60. The number of nitrogens with one attached hydrogen (secondary N) is 3. The average molecular weight is 298 g/mol. The Balaban J connectivity index is 1.90. The summed E-state index contributed by atoms with van der Waals surface area (Å²) >= 11 is 0. The number of halogens is 3. The Morgan fingerprint density at radius 2 is 2.00 bits per heavy atom. The number of anilines is 1. The van der Waals surface area contributed by atoms with Gasteiger partial charge in [-0.1, -0.05) is 12.1 Å². The van der Waals surface area contributed by atoms with E-state index in [1.165, 1.54) is 12.1 Å². The number of hydrogen-bond acceptors (Lipinski definition) is 3. The molecule has 2 aromatic rings. The molecule has 2 rings (SSSR count). The van der Waals surface area contributed by atoms with Crippen molar-refractivity contribution in [1.29, 1.82) is 0 Å². The molecule has 0 spiro atoms. The van der Waals surface area contributed by atoms with Crippen molar-refractivity contribution >= 4 is 11.6 Å². The van der Waals surface area contributed by atoms with Crippen molar-refractivity contribution in [3.05, 3.63) is 47.8 Å². The van der Waals surface area contributed by atoms with Gasteiger partial charge >= 0.3 is 12.1 Å². The molecule has 0 aliphatic carbocycles. The predicted molar refractivity (Wildman–Crippen MR) is 70.3 cm³/mol. The lowest BCUT2D eigenvalue weighted by Crippen LogP contribution is -2.29. The Morgan fingerprint density at radius 1 is 1.24 bits per heavy atom. The third-order valence-electron chi connectivity index (χ3n) is 2.66. The van der Waals surface area contributed by atoms with Crippen LogP contribution in [0.25, 0.3) is 0 Å². The molecule has 0 saturated heterocycles. The molecule has 21 heavy (non-hydrogen) atoms. The van der Waals surface area contributed by atoms with E-state index in [0.29, 0.717) is 13.1 Å². The van der Waals surface area contributed by atoms with Crippen LogP contribution in [0, 0.1) is 0 Å². The fraction of sp³-hybridized carbons (Fsp3) is 0.231. The molecule has 5 nitrogen and oxygen atoms in total. The molecule has 0 radical (unpaired) electrons. The Kier molecular flexibility index (Phi) is 4.59. The smallest absolute Gasteiger partial charge is 0.318 e. The first-order valence-corrected chi connectivity index (χ1v) is 6.10. The first-order valence-electron chi connectivity index (χ1n) is 6.10. The summed E-state index contributed by atoms with van der Waals surface area (Å²) in [6, 6.07) is 6.24. The molecule has 1 amide bonds. The molecule has 0 aliphatic heterocycles. The Labute approximate surface area is 118 Å². The van der Waals surface area contributed by atoms with Crippen LogP contribution in [-0.2, 0) is 17.9 Å². The van der Waals surface area contributed by atoms with Crippen LogP contribution < -0.4 is 10.6 Å². The summed E-state index contributed by atoms with van der Waals surface area (Å²) in [6.07, 6.45) is -1.48. The van der Waals surface area contributed by atoms with Crippen LogP contribution in [0.1, 0.15) is 11.1 Å². The van der Waals surface area contributed by atoms with Gasteiger partial charge in [0.15, 0.2) is 0 Å². The highest BCUT2D eigenvalue weighted by Crippen LogP contribution is 2.18. The summed E-state index contributed by atoms with van der Waals surface area (Å²) in [5.41, 5.74) is 1.84. The Bertz CT molecular complexity index is 596. The molecule has 0 unspecified atom stereocenters. The molecule has 0 saturated carbocycles. The number of nitrogens with zero attached hydrogens (tertiary/aromatic N) is 1. The first kappa shape index (κ1) is 15.0. The van der Waals surface area contributed by atoms with E-state index in [2.05, 4.69) is 15.5 Å². The van der Waals surface area contributed by atoms with Crippen LogP contribution in [-0.4, -0.2) is 22.3 Å². The van der Waals surface area contributed by atoms with Crippen LogP contribution in [0.15, 0.2) is 36.7 Å². The number of aromatic nitrogens is 2. The maximum Gasteiger partial charge on any atom is 0.471 e. The molecular weight excluding hydrogens is 285 g/mol. The van der Waals surface area contributed by atoms with Gasteiger partial charge in [0.05, 0.1) is 6.20 Å². The molecule has 112 valence electrons. The lowest BCUT2D eigenvalue weighted by Gasteiger charge is -2.09. The number of hydrogen-bond donors (Lipinski definition) is 3. The van der Waals surface area contributed by atoms with Crippen LogP contribution in [0.5, 0.6) is 0 Å². The largest absolute Gasteiger partial charge is 0.471 e. The van der Waals surface area contributed by atoms with E-state index in [4.69, 9.17) is 0 Å². The second-order valence-electron chi connectivity index (χ2n) is 4.36. The molecule has 0 aliphatic rings. The highest BCUT2D eigenvalue weighted by Gasteiger charge is 2.38. The van der Waals surface area contributed by atoms with Gasteiger partial charge in [0, 0.05) is 30.5 Å². The van der Waals surface area contributed by atoms with Crippen molar-refractivity contribution in [2.75, 3.05) is 5.32 Å². The van der Waals surface area contributed by atoms with Crippen molar-refractivity contribution in [2.45, 2.75) is 19.3 Å². The zero-order valence-electron chi connectivity index (χ0n) is 10.9. The number of H-pyrrole nitrogens is 1. The van der Waals surface area contributed by atoms with Gasteiger partial charge in [-0.25, -0.2) is 0 Å². The number of rotatable bonds is 5. The minimum Gasteiger partial charge on any atom is -0.318 e. The standard InChI is InChI=1S/C13H13F3N4O/c14-13(15,16)12(21)20-11-3-1-2-9(4-11)5-17-6-10-7-18-19-8-10/h1-4,7-8,17H,5-6H2,(H,18,19)(H,20,21). The average Bonchev–Trinajstić information content (AvgIpc) is 2.91. The minimum absolute atomic E-state index is 0.111. The van der Waals surface area contributed by atoms with Crippen LogP contribution in [0.2, 0.25) is 0 Å². The highest BCUT2D eigenvalue weighted by molar-refractivity contribution is 5.94. The van der Waals surface area contributed by atoms with Gasteiger partial charge in [-0.15, -0.1) is 0 Å². The van der Waals surface area contributed by atoms with E-state index in [0.717, 1.165) is 11.1 Å². The number of aromatic amines is 1. The fourth-order valence-electron chi connectivity index (χ4n) is 1.69.